The maximum absolute atomic E-state index is 12.5. The van der Waals surface area contributed by atoms with Crippen LogP contribution in [0.1, 0.15) is 25.1 Å². The average Bonchev–Trinajstić information content (AvgIpc) is 2.45. The molecule has 0 unspecified atom stereocenters. The van der Waals surface area contributed by atoms with Crippen molar-refractivity contribution >= 4 is 5.82 Å². The Morgan fingerprint density at radius 3 is 3.00 bits per heavy atom. The average molecular weight is 201 g/mol. The molecule has 2 atom stereocenters. The minimum absolute atomic E-state index is 0.0407. The van der Waals surface area contributed by atoms with E-state index in [1.54, 1.807) is 10.7 Å². The van der Waals surface area contributed by atoms with Gasteiger partial charge in [0.15, 0.2) is 0 Å². The SMILES string of the molecule is Cc1cc2n(n1)[C@H](C)C[C@H](C(F)F)N2. The molecule has 1 N–H and O–H groups in total. The van der Waals surface area contributed by atoms with Gasteiger partial charge in [-0.2, -0.15) is 5.10 Å². The molecule has 0 fully saturated rings. The molecule has 0 radical (unpaired) electrons. The van der Waals surface area contributed by atoms with E-state index in [1.807, 2.05) is 13.8 Å². The van der Waals surface area contributed by atoms with Crippen molar-refractivity contribution < 1.29 is 8.78 Å². The summed E-state index contributed by atoms with van der Waals surface area (Å²) in [7, 11) is 0. The molecule has 78 valence electrons. The largest absolute Gasteiger partial charge is 0.362 e. The van der Waals surface area contributed by atoms with Gasteiger partial charge in [-0.25, -0.2) is 13.5 Å². The first-order valence-corrected chi connectivity index (χ1v) is 4.69. The number of halogens is 2. The van der Waals surface area contributed by atoms with Gasteiger partial charge >= 0.3 is 0 Å². The van der Waals surface area contributed by atoms with Crippen LogP contribution in [0.15, 0.2) is 6.07 Å². The third-order valence-electron chi connectivity index (χ3n) is 2.51. The van der Waals surface area contributed by atoms with Gasteiger partial charge in [0, 0.05) is 6.07 Å². The predicted molar refractivity (Wildman–Crippen MR) is 49.7 cm³/mol. The molecule has 1 aromatic rings. The Morgan fingerprint density at radius 1 is 1.64 bits per heavy atom. The standard InChI is InChI=1S/C9H13F2N3/c1-5-3-8-12-7(9(10)11)4-6(2)14(8)13-5/h3,6-7,9,12H,4H2,1-2H3/t6-,7-/m1/s1. The molecule has 0 saturated heterocycles. The molecule has 1 aliphatic rings. The van der Waals surface area contributed by atoms with Crippen LogP contribution in [-0.2, 0) is 0 Å². The zero-order chi connectivity index (χ0) is 10.3. The minimum Gasteiger partial charge on any atom is -0.362 e. The fourth-order valence-corrected chi connectivity index (χ4v) is 1.84. The van der Waals surface area contributed by atoms with Crippen molar-refractivity contribution in [2.24, 2.45) is 0 Å². The Balaban J connectivity index is 2.28. The van der Waals surface area contributed by atoms with Crippen molar-refractivity contribution in [2.45, 2.75) is 38.8 Å². The summed E-state index contributed by atoms with van der Waals surface area (Å²) in [5.74, 6) is 0.701. The molecule has 3 nitrogen and oxygen atoms in total. The normalized spacial score (nSPS) is 26.1. The maximum Gasteiger partial charge on any atom is 0.258 e. The first kappa shape index (κ1) is 9.43. The van der Waals surface area contributed by atoms with E-state index in [2.05, 4.69) is 10.4 Å². The number of fused-ring (bicyclic) bond motifs is 1. The highest BCUT2D eigenvalue weighted by molar-refractivity contribution is 5.40. The van der Waals surface area contributed by atoms with Crippen molar-refractivity contribution in [3.05, 3.63) is 11.8 Å². The Morgan fingerprint density at radius 2 is 2.36 bits per heavy atom. The molecule has 5 heteroatoms. The van der Waals surface area contributed by atoms with Gasteiger partial charge in [0.2, 0.25) is 0 Å². The monoisotopic (exact) mass is 201 g/mol. The van der Waals surface area contributed by atoms with Crippen molar-refractivity contribution in [2.75, 3.05) is 5.32 Å². The quantitative estimate of drug-likeness (QED) is 0.754. The van der Waals surface area contributed by atoms with Gasteiger partial charge in [-0.15, -0.1) is 0 Å². The zero-order valence-corrected chi connectivity index (χ0v) is 8.17. The summed E-state index contributed by atoms with van der Waals surface area (Å²) in [6.45, 7) is 3.77. The number of alkyl halides is 2. The third kappa shape index (κ3) is 1.47. The number of nitrogens with zero attached hydrogens (tertiary/aromatic N) is 2. The van der Waals surface area contributed by atoms with Crippen LogP contribution >= 0.6 is 0 Å². The minimum atomic E-state index is -2.32. The van der Waals surface area contributed by atoms with Crippen LogP contribution < -0.4 is 5.32 Å². The number of rotatable bonds is 1. The van der Waals surface area contributed by atoms with E-state index >= 15 is 0 Å². The number of hydrogen-bond donors (Lipinski definition) is 1. The van der Waals surface area contributed by atoms with Gasteiger partial charge in [-0.1, -0.05) is 0 Å². The molecule has 2 rings (SSSR count). The van der Waals surface area contributed by atoms with Crippen LogP contribution in [0.2, 0.25) is 0 Å². The summed E-state index contributed by atoms with van der Waals surface area (Å²) in [5, 5.41) is 7.03. The highest BCUT2D eigenvalue weighted by Gasteiger charge is 2.30. The van der Waals surface area contributed by atoms with Gasteiger partial charge < -0.3 is 5.32 Å². The Bertz CT molecular complexity index is 335. The number of anilines is 1. The van der Waals surface area contributed by atoms with Gasteiger partial charge in [0.05, 0.1) is 17.8 Å². The molecular weight excluding hydrogens is 188 g/mol. The first-order valence-electron chi connectivity index (χ1n) is 4.69. The zero-order valence-electron chi connectivity index (χ0n) is 8.17. The summed E-state index contributed by atoms with van der Waals surface area (Å²) in [5.41, 5.74) is 0.856. The van der Waals surface area contributed by atoms with Crippen LogP contribution in [0.25, 0.3) is 0 Å². The highest BCUT2D eigenvalue weighted by Crippen LogP contribution is 2.29. The van der Waals surface area contributed by atoms with Gasteiger partial charge in [0.25, 0.3) is 6.43 Å². The van der Waals surface area contributed by atoms with Gasteiger partial charge in [-0.3, -0.25) is 0 Å². The number of aromatic nitrogens is 2. The Hall–Kier alpha value is -1.13. The summed E-state index contributed by atoms with van der Waals surface area (Å²) < 4.78 is 26.8. The van der Waals surface area contributed by atoms with Crippen molar-refractivity contribution in [3.63, 3.8) is 0 Å². The second-order valence-corrected chi connectivity index (χ2v) is 3.79. The fraction of sp³-hybridized carbons (Fsp3) is 0.667. The van der Waals surface area contributed by atoms with E-state index in [0.717, 1.165) is 5.69 Å². The molecule has 14 heavy (non-hydrogen) atoms. The topological polar surface area (TPSA) is 29.9 Å². The molecular formula is C9H13F2N3. The number of hydrogen-bond acceptors (Lipinski definition) is 2. The Labute approximate surface area is 81.1 Å². The lowest BCUT2D eigenvalue weighted by atomic mass is 10.1. The van der Waals surface area contributed by atoms with E-state index in [-0.39, 0.29) is 6.04 Å². The molecule has 0 saturated carbocycles. The van der Waals surface area contributed by atoms with E-state index in [9.17, 15) is 8.78 Å². The van der Waals surface area contributed by atoms with E-state index < -0.39 is 12.5 Å². The second-order valence-electron chi connectivity index (χ2n) is 3.79. The lowest BCUT2D eigenvalue weighted by molar-refractivity contribution is 0.108. The molecule has 0 aromatic carbocycles. The second kappa shape index (κ2) is 3.22. The highest BCUT2D eigenvalue weighted by atomic mass is 19.3. The molecule has 1 aromatic heterocycles. The van der Waals surface area contributed by atoms with Crippen LogP contribution in [-0.4, -0.2) is 22.2 Å². The molecule has 0 aliphatic carbocycles. The summed E-state index contributed by atoms with van der Waals surface area (Å²) in [6.07, 6.45) is -1.90. The maximum atomic E-state index is 12.5. The van der Waals surface area contributed by atoms with E-state index in [1.165, 1.54) is 0 Å². The van der Waals surface area contributed by atoms with Crippen LogP contribution in [0.5, 0.6) is 0 Å². The van der Waals surface area contributed by atoms with Crippen molar-refractivity contribution in [1.82, 2.24) is 9.78 Å². The van der Waals surface area contributed by atoms with E-state index in [0.29, 0.717) is 12.2 Å². The van der Waals surface area contributed by atoms with Crippen molar-refractivity contribution in [3.8, 4) is 0 Å². The van der Waals surface area contributed by atoms with Crippen molar-refractivity contribution in [1.29, 1.82) is 0 Å². The molecule has 0 bridgehead atoms. The predicted octanol–water partition coefficient (Wildman–Crippen LogP) is 2.20. The summed E-state index contributed by atoms with van der Waals surface area (Å²) in [4.78, 5) is 0. The van der Waals surface area contributed by atoms with Crippen LogP contribution in [0, 0.1) is 6.92 Å². The van der Waals surface area contributed by atoms with Crippen LogP contribution in [0.3, 0.4) is 0 Å². The smallest absolute Gasteiger partial charge is 0.258 e. The molecule has 0 amide bonds. The van der Waals surface area contributed by atoms with Gasteiger partial charge in [-0.05, 0) is 20.3 Å². The lowest BCUT2D eigenvalue weighted by Gasteiger charge is -2.29. The van der Waals surface area contributed by atoms with Gasteiger partial charge in [0.1, 0.15) is 5.82 Å². The Kier molecular flexibility index (Phi) is 2.17. The molecule has 1 aliphatic heterocycles. The summed E-state index contributed by atoms with van der Waals surface area (Å²) in [6, 6.07) is 1.10. The lowest BCUT2D eigenvalue weighted by Crippen LogP contribution is -2.36. The van der Waals surface area contributed by atoms with E-state index in [4.69, 9.17) is 0 Å². The fourth-order valence-electron chi connectivity index (χ4n) is 1.84. The summed E-state index contributed by atoms with van der Waals surface area (Å²) >= 11 is 0. The number of aryl methyl sites for hydroxylation is 1. The molecule has 2 heterocycles. The first-order chi connectivity index (χ1) is 6.58. The molecule has 0 spiro atoms. The number of nitrogens with one attached hydrogen (secondary N) is 1. The third-order valence-corrected chi connectivity index (χ3v) is 2.51. The van der Waals surface area contributed by atoms with Crippen LogP contribution in [0.4, 0.5) is 14.6 Å².